The van der Waals surface area contributed by atoms with E-state index in [1.807, 2.05) is 25.1 Å². The first-order valence-electron chi connectivity index (χ1n) is 3.95. The second-order valence-electron chi connectivity index (χ2n) is 2.82. The predicted molar refractivity (Wildman–Crippen MR) is 59.6 cm³/mol. The molecule has 2 nitrogen and oxygen atoms in total. The summed E-state index contributed by atoms with van der Waals surface area (Å²) in [5.74, 6) is -0.190. The van der Waals surface area contributed by atoms with Crippen molar-refractivity contribution in [3.05, 3.63) is 32.9 Å². The Bertz CT molecular complexity index is 321. The Morgan fingerprint density at radius 3 is 2.85 bits per heavy atom. The average Bonchev–Trinajstić information content (AvgIpc) is 2.11. The molecule has 0 unspecified atom stereocenters. The van der Waals surface area contributed by atoms with E-state index in [1.54, 1.807) is 0 Å². The van der Waals surface area contributed by atoms with Crippen LogP contribution < -0.4 is 0 Å². The number of ether oxygens (including phenoxy) is 1. The maximum atomic E-state index is 11.0. The van der Waals surface area contributed by atoms with Gasteiger partial charge in [-0.05, 0) is 52.8 Å². The number of halogens is 1. The average molecular weight is 290 g/mol. The molecule has 0 heterocycles. The Labute approximate surface area is 91.4 Å². The third-order valence-electron chi connectivity index (χ3n) is 1.87. The van der Waals surface area contributed by atoms with Gasteiger partial charge >= 0.3 is 5.97 Å². The number of hydrogen-bond acceptors (Lipinski definition) is 2. The highest BCUT2D eigenvalue weighted by Gasteiger charge is 2.05. The van der Waals surface area contributed by atoms with E-state index in [2.05, 4.69) is 27.3 Å². The van der Waals surface area contributed by atoms with Crippen LogP contribution in [0.15, 0.2) is 18.2 Å². The quantitative estimate of drug-likeness (QED) is 0.617. The van der Waals surface area contributed by atoms with Crippen molar-refractivity contribution in [3.8, 4) is 0 Å². The summed E-state index contributed by atoms with van der Waals surface area (Å²) in [4.78, 5) is 11.0. The van der Waals surface area contributed by atoms with Gasteiger partial charge in [0.1, 0.15) is 0 Å². The minimum absolute atomic E-state index is 0.190. The third kappa shape index (κ3) is 2.99. The minimum Gasteiger partial charge on any atom is -0.469 e. The number of hydrogen-bond donors (Lipinski definition) is 0. The van der Waals surface area contributed by atoms with Crippen LogP contribution in [0.4, 0.5) is 0 Å². The van der Waals surface area contributed by atoms with Gasteiger partial charge in [-0.1, -0.05) is 6.07 Å². The number of methoxy groups -OCH3 is 1. The van der Waals surface area contributed by atoms with Gasteiger partial charge in [0.05, 0.1) is 13.5 Å². The first-order chi connectivity index (χ1) is 6.13. The molecule has 0 saturated heterocycles. The van der Waals surface area contributed by atoms with Crippen molar-refractivity contribution in [2.45, 2.75) is 13.3 Å². The molecule has 0 N–H and O–H groups in total. The summed E-state index contributed by atoms with van der Waals surface area (Å²) in [7, 11) is 1.41. The van der Waals surface area contributed by atoms with E-state index in [0.29, 0.717) is 6.42 Å². The highest BCUT2D eigenvalue weighted by atomic mass is 127. The Hall–Kier alpha value is -0.580. The molecule has 13 heavy (non-hydrogen) atoms. The summed E-state index contributed by atoms with van der Waals surface area (Å²) in [6.45, 7) is 1.99. The normalized spacial score (nSPS) is 9.77. The zero-order valence-corrected chi connectivity index (χ0v) is 9.79. The molecule has 1 aromatic carbocycles. The Morgan fingerprint density at radius 2 is 2.23 bits per heavy atom. The van der Waals surface area contributed by atoms with Gasteiger partial charge in [-0.15, -0.1) is 0 Å². The van der Waals surface area contributed by atoms with Gasteiger partial charge in [-0.25, -0.2) is 0 Å². The van der Waals surface area contributed by atoms with Gasteiger partial charge in [0.2, 0.25) is 0 Å². The number of rotatable bonds is 2. The van der Waals surface area contributed by atoms with Gasteiger partial charge in [0.15, 0.2) is 0 Å². The Kier molecular flexibility index (Phi) is 3.71. The SMILES string of the molecule is COC(=O)Cc1cc(I)ccc1C. The van der Waals surface area contributed by atoms with Gasteiger partial charge in [0, 0.05) is 3.57 Å². The largest absolute Gasteiger partial charge is 0.469 e. The topological polar surface area (TPSA) is 26.3 Å². The lowest BCUT2D eigenvalue weighted by molar-refractivity contribution is -0.139. The molecule has 0 fully saturated rings. The molecular weight excluding hydrogens is 279 g/mol. The van der Waals surface area contributed by atoms with Crippen molar-refractivity contribution in [1.82, 2.24) is 0 Å². The van der Waals surface area contributed by atoms with E-state index in [1.165, 1.54) is 7.11 Å². The molecule has 0 saturated carbocycles. The first-order valence-corrected chi connectivity index (χ1v) is 5.03. The van der Waals surface area contributed by atoms with Crippen molar-refractivity contribution >= 4 is 28.6 Å². The summed E-state index contributed by atoms with van der Waals surface area (Å²) in [6, 6.07) is 6.05. The van der Waals surface area contributed by atoms with Gasteiger partial charge in [-0.3, -0.25) is 4.79 Å². The van der Waals surface area contributed by atoms with Crippen molar-refractivity contribution in [2.75, 3.05) is 7.11 Å². The van der Waals surface area contributed by atoms with E-state index in [9.17, 15) is 4.79 Å². The molecule has 3 heteroatoms. The summed E-state index contributed by atoms with van der Waals surface area (Å²) in [5.41, 5.74) is 2.17. The van der Waals surface area contributed by atoms with Crippen LogP contribution in [-0.2, 0) is 16.0 Å². The van der Waals surface area contributed by atoms with Gasteiger partial charge < -0.3 is 4.74 Å². The minimum atomic E-state index is -0.190. The second kappa shape index (κ2) is 4.60. The van der Waals surface area contributed by atoms with Crippen LogP contribution in [0.2, 0.25) is 0 Å². The van der Waals surface area contributed by atoms with Crippen LogP contribution in [0, 0.1) is 10.5 Å². The monoisotopic (exact) mass is 290 g/mol. The van der Waals surface area contributed by atoms with E-state index in [4.69, 9.17) is 0 Å². The van der Waals surface area contributed by atoms with Crippen LogP contribution >= 0.6 is 22.6 Å². The third-order valence-corrected chi connectivity index (χ3v) is 2.54. The van der Waals surface area contributed by atoms with E-state index in [-0.39, 0.29) is 5.97 Å². The number of esters is 1. The van der Waals surface area contributed by atoms with E-state index >= 15 is 0 Å². The highest BCUT2D eigenvalue weighted by Crippen LogP contribution is 2.13. The fourth-order valence-electron chi connectivity index (χ4n) is 1.06. The highest BCUT2D eigenvalue weighted by molar-refractivity contribution is 14.1. The molecular formula is C10H11IO2. The molecule has 0 aliphatic heterocycles. The summed E-state index contributed by atoms with van der Waals surface area (Å²) in [5, 5.41) is 0. The molecule has 0 radical (unpaired) electrons. The molecule has 0 aliphatic rings. The molecule has 0 aliphatic carbocycles. The van der Waals surface area contributed by atoms with Crippen molar-refractivity contribution in [2.24, 2.45) is 0 Å². The number of aryl methyl sites for hydroxylation is 1. The molecule has 70 valence electrons. The van der Waals surface area contributed by atoms with Crippen LogP contribution in [0.5, 0.6) is 0 Å². The smallest absolute Gasteiger partial charge is 0.309 e. The molecule has 1 aromatic rings. The predicted octanol–water partition coefficient (Wildman–Crippen LogP) is 2.32. The van der Waals surface area contributed by atoms with Crippen molar-refractivity contribution in [1.29, 1.82) is 0 Å². The Morgan fingerprint density at radius 1 is 1.54 bits per heavy atom. The molecule has 0 atom stereocenters. The maximum Gasteiger partial charge on any atom is 0.309 e. The number of carbonyl (C=O) groups is 1. The molecule has 0 bridgehead atoms. The van der Waals surface area contributed by atoms with Crippen LogP contribution in [0.1, 0.15) is 11.1 Å². The number of benzene rings is 1. The van der Waals surface area contributed by atoms with E-state index in [0.717, 1.165) is 14.7 Å². The molecule has 0 aromatic heterocycles. The first kappa shape index (κ1) is 10.5. The standard InChI is InChI=1S/C10H11IO2/c1-7-3-4-9(11)5-8(7)6-10(12)13-2/h3-5H,6H2,1-2H3. The van der Waals surface area contributed by atoms with Gasteiger partial charge in [-0.2, -0.15) is 0 Å². The summed E-state index contributed by atoms with van der Waals surface area (Å²) >= 11 is 2.23. The van der Waals surface area contributed by atoms with E-state index < -0.39 is 0 Å². The van der Waals surface area contributed by atoms with Crippen LogP contribution in [0.25, 0.3) is 0 Å². The Balaban J connectivity index is 2.87. The molecule has 1 rings (SSSR count). The lowest BCUT2D eigenvalue weighted by atomic mass is 10.1. The van der Waals surface area contributed by atoms with Crippen molar-refractivity contribution < 1.29 is 9.53 Å². The summed E-state index contributed by atoms with van der Waals surface area (Å²) in [6.07, 6.45) is 0.360. The molecule has 0 spiro atoms. The molecule has 0 amide bonds. The zero-order valence-electron chi connectivity index (χ0n) is 7.63. The van der Waals surface area contributed by atoms with Crippen molar-refractivity contribution in [3.63, 3.8) is 0 Å². The second-order valence-corrected chi connectivity index (χ2v) is 4.07. The van der Waals surface area contributed by atoms with Gasteiger partial charge in [0.25, 0.3) is 0 Å². The fraction of sp³-hybridized carbons (Fsp3) is 0.300. The maximum absolute atomic E-state index is 11.0. The number of carbonyl (C=O) groups excluding carboxylic acids is 1. The lowest BCUT2D eigenvalue weighted by Gasteiger charge is -2.04. The lowest BCUT2D eigenvalue weighted by Crippen LogP contribution is -2.05. The summed E-state index contributed by atoms with van der Waals surface area (Å²) < 4.78 is 5.75. The van der Waals surface area contributed by atoms with Crippen LogP contribution in [0.3, 0.4) is 0 Å². The zero-order chi connectivity index (χ0) is 9.84. The fourth-order valence-corrected chi connectivity index (χ4v) is 1.61. The van der Waals surface area contributed by atoms with Crippen LogP contribution in [-0.4, -0.2) is 13.1 Å².